The lowest BCUT2D eigenvalue weighted by molar-refractivity contribution is -0.117. The fourth-order valence-corrected chi connectivity index (χ4v) is 2.59. The monoisotopic (exact) mass is 305 g/mol. The predicted octanol–water partition coefficient (Wildman–Crippen LogP) is 1.89. The minimum absolute atomic E-state index is 0.103. The van der Waals surface area contributed by atoms with Gasteiger partial charge in [0.15, 0.2) is 0 Å². The molecule has 0 radical (unpaired) electrons. The van der Waals surface area contributed by atoms with E-state index >= 15 is 0 Å². The topological polar surface area (TPSA) is 67.6 Å². The van der Waals surface area contributed by atoms with Gasteiger partial charge >= 0.3 is 0 Å². The highest BCUT2D eigenvalue weighted by Gasteiger charge is 2.15. The Hall–Kier alpha value is -1.43. The van der Waals surface area contributed by atoms with Crippen molar-refractivity contribution in [2.75, 3.05) is 31.6 Å². The minimum atomic E-state index is -0.438. The molecule has 1 heterocycles. The summed E-state index contributed by atoms with van der Waals surface area (Å²) >= 11 is 0. The minimum Gasteiger partial charge on any atom is -0.379 e. The van der Waals surface area contributed by atoms with Gasteiger partial charge in [-0.25, -0.2) is 0 Å². The van der Waals surface area contributed by atoms with Gasteiger partial charge in [-0.1, -0.05) is 25.5 Å². The van der Waals surface area contributed by atoms with Gasteiger partial charge in [0.25, 0.3) is 0 Å². The summed E-state index contributed by atoms with van der Waals surface area (Å²) in [6.07, 6.45) is 1.61. The van der Waals surface area contributed by atoms with Crippen LogP contribution < -0.4 is 11.1 Å². The number of nitrogens with zero attached hydrogens (tertiary/aromatic N) is 1. The van der Waals surface area contributed by atoms with Gasteiger partial charge in [-0.2, -0.15) is 0 Å². The molecule has 1 fully saturated rings. The zero-order chi connectivity index (χ0) is 15.9. The van der Waals surface area contributed by atoms with Crippen molar-refractivity contribution in [3.63, 3.8) is 0 Å². The molecule has 1 aromatic rings. The number of anilines is 1. The van der Waals surface area contributed by atoms with Gasteiger partial charge in [0.05, 0.1) is 19.3 Å². The van der Waals surface area contributed by atoms with Crippen LogP contribution in [0.3, 0.4) is 0 Å². The fourth-order valence-electron chi connectivity index (χ4n) is 2.59. The number of amides is 1. The molecule has 0 spiro atoms. The molecule has 0 saturated carbocycles. The van der Waals surface area contributed by atoms with E-state index < -0.39 is 6.04 Å². The maximum absolute atomic E-state index is 12.1. The number of hydrogen-bond donors (Lipinski definition) is 2. The summed E-state index contributed by atoms with van der Waals surface area (Å²) < 4.78 is 5.37. The Morgan fingerprint density at radius 2 is 2.14 bits per heavy atom. The third kappa shape index (κ3) is 4.80. The fraction of sp³-hybridized carbons (Fsp3) is 0.588. The van der Waals surface area contributed by atoms with E-state index in [2.05, 4.69) is 28.4 Å². The van der Waals surface area contributed by atoms with Crippen molar-refractivity contribution in [1.29, 1.82) is 0 Å². The van der Waals surface area contributed by atoms with Gasteiger partial charge in [-0.15, -0.1) is 0 Å². The van der Waals surface area contributed by atoms with Crippen LogP contribution in [0.4, 0.5) is 5.69 Å². The standard InChI is InChI=1S/C17H27N3O2/c1-3-4-15(18)17(21)19-16-11-14(6-5-13(16)2)12-20-7-9-22-10-8-20/h5-6,11,15H,3-4,7-10,12,18H2,1-2H3,(H,19,21). The van der Waals surface area contributed by atoms with Crippen LogP contribution in [0.25, 0.3) is 0 Å². The zero-order valence-corrected chi connectivity index (χ0v) is 13.6. The molecule has 1 unspecified atom stereocenters. The molecule has 0 aromatic heterocycles. The number of morpholine rings is 1. The van der Waals surface area contributed by atoms with Gasteiger partial charge in [-0.3, -0.25) is 9.69 Å². The Balaban J connectivity index is 2.01. The molecule has 1 saturated heterocycles. The first-order valence-electron chi connectivity index (χ1n) is 8.06. The molecule has 1 amide bonds. The van der Waals surface area contributed by atoms with E-state index in [9.17, 15) is 4.79 Å². The molecule has 1 aliphatic heterocycles. The summed E-state index contributed by atoms with van der Waals surface area (Å²) in [6.45, 7) is 8.41. The quantitative estimate of drug-likeness (QED) is 0.842. The Kier molecular flexibility index (Phi) is 6.36. The molecule has 0 bridgehead atoms. The number of nitrogens with one attached hydrogen (secondary N) is 1. The van der Waals surface area contributed by atoms with Crippen LogP contribution in [0.2, 0.25) is 0 Å². The van der Waals surface area contributed by atoms with Gasteiger partial charge < -0.3 is 15.8 Å². The van der Waals surface area contributed by atoms with Crippen LogP contribution in [-0.4, -0.2) is 43.2 Å². The Bertz CT molecular complexity index is 499. The second kappa shape index (κ2) is 8.27. The molecular weight excluding hydrogens is 278 g/mol. The first-order valence-corrected chi connectivity index (χ1v) is 8.06. The number of nitrogens with two attached hydrogens (primary N) is 1. The van der Waals surface area contributed by atoms with E-state index in [1.807, 2.05) is 13.8 Å². The normalized spacial score (nSPS) is 17.2. The lowest BCUT2D eigenvalue weighted by Gasteiger charge is -2.26. The largest absolute Gasteiger partial charge is 0.379 e. The van der Waals surface area contributed by atoms with Gasteiger partial charge in [0, 0.05) is 25.3 Å². The van der Waals surface area contributed by atoms with E-state index in [4.69, 9.17) is 10.5 Å². The van der Waals surface area contributed by atoms with Crippen molar-refractivity contribution in [1.82, 2.24) is 4.90 Å². The maximum Gasteiger partial charge on any atom is 0.241 e. The lowest BCUT2D eigenvalue weighted by atomic mass is 10.1. The number of aryl methyl sites for hydroxylation is 1. The van der Waals surface area contributed by atoms with Crippen LogP contribution in [0.5, 0.6) is 0 Å². The van der Waals surface area contributed by atoms with Gasteiger partial charge in [0.1, 0.15) is 0 Å². The maximum atomic E-state index is 12.1. The highest BCUT2D eigenvalue weighted by molar-refractivity contribution is 5.95. The second-order valence-electron chi connectivity index (χ2n) is 5.92. The van der Waals surface area contributed by atoms with Crippen molar-refractivity contribution >= 4 is 11.6 Å². The number of carbonyl (C=O) groups is 1. The summed E-state index contributed by atoms with van der Waals surface area (Å²) in [5.41, 5.74) is 9.00. The number of carbonyl (C=O) groups excluding carboxylic acids is 1. The smallest absolute Gasteiger partial charge is 0.241 e. The highest BCUT2D eigenvalue weighted by atomic mass is 16.5. The molecule has 22 heavy (non-hydrogen) atoms. The first kappa shape index (κ1) is 16.9. The van der Waals surface area contributed by atoms with Crippen molar-refractivity contribution in [2.24, 2.45) is 5.73 Å². The average Bonchev–Trinajstić information content (AvgIpc) is 2.52. The molecule has 3 N–H and O–H groups in total. The van der Waals surface area contributed by atoms with Crippen molar-refractivity contribution < 1.29 is 9.53 Å². The number of rotatable bonds is 6. The van der Waals surface area contributed by atoms with Crippen LogP contribution in [0, 0.1) is 6.92 Å². The van der Waals surface area contributed by atoms with E-state index in [0.29, 0.717) is 6.42 Å². The molecule has 0 aliphatic carbocycles. The van der Waals surface area contributed by atoms with Gasteiger partial charge in [-0.05, 0) is 30.5 Å². The molecule has 5 nitrogen and oxygen atoms in total. The van der Waals surface area contributed by atoms with E-state index in [0.717, 1.165) is 50.5 Å². The SMILES string of the molecule is CCCC(N)C(=O)Nc1cc(CN2CCOCC2)ccc1C. The van der Waals surface area contributed by atoms with E-state index in [1.165, 1.54) is 5.56 Å². The van der Waals surface area contributed by atoms with Crippen LogP contribution in [-0.2, 0) is 16.1 Å². The molecule has 1 atom stereocenters. The van der Waals surface area contributed by atoms with Crippen molar-refractivity contribution in [2.45, 2.75) is 39.3 Å². The predicted molar refractivity (Wildman–Crippen MR) is 88.8 cm³/mol. The Morgan fingerprint density at radius 1 is 1.41 bits per heavy atom. The number of hydrogen-bond acceptors (Lipinski definition) is 4. The molecular formula is C17H27N3O2. The first-order chi connectivity index (χ1) is 10.6. The molecule has 122 valence electrons. The number of benzene rings is 1. The van der Waals surface area contributed by atoms with Crippen LogP contribution >= 0.6 is 0 Å². The third-order valence-corrected chi connectivity index (χ3v) is 4.01. The van der Waals surface area contributed by atoms with Crippen LogP contribution in [0.15, 0.2) is 18.2 Å². The van der Waals surface area contributed by atoms with Crippen molar-refractivity contribution in [3.05, 3.63) is 29.3 Å². The zero-order valence-electron chi connectivity index (χ0n) is 13.6. The van der Waals surface area contributed by atoms with E-state index in [-0.39, 0.29) is 5.91 Å². The third-order valence-electron chi connectivity index (χ3n) is 4.01. The Morgan fingerprint density at radius 3 is 2.82 bits per heavy atom. The summed E-state index contributed by atoms with van der Waals surface area (Å²) in [5.74, 6) is -0.103. The molecule has 1 aliphatic rings. The van der Waals surface area contributed by atoms with Crippen molar-refractivity contribution in [3.8, 4) is 0 Å². The summed E-state index contributed by atoms with van der Waals surface area (Å²) in [6, 6.07) is 5.79. The summed E-state index contributed by atoms with van der Waals surface area (Å²) in [4.78, 5) is 14.5. The lowest BCUT2D eigenvalue weighted by Crippen LogP contribution is -2.36. The number of ether oxygens (including phenoxy) is 1. The second-order valence-corrected chi connectivity index (χ2v) is 5.92. The van der Waals surface area contributed by atoms with Gasteiger partial charge in [0.2, 0.25) is 5.91 Å². The summed E-state index contributed by atoms with van der Waals surface area (Å²) in [7, 11) is 0. The molecule has 1 aromatic carbocycles. The summed E-state index contributed by atoms with van der Waals surface area (Å²) in [5, 5.41) is 2.97. The van der Waals surface area contributed by atoms with Crippen LogP contribution in [0.1, 0.15) is 30.9 Å². The highest BCUT2D eigenvalue weighted by Crippen LogP contribution is 2.19. The molecule has 2 rings (SSSR count). The van der Waals surface area contributed by atoms with E-state index in [1.54, 1.807) is 0 Å². The Labute approximate surface area is 132 Å². The average molecular weight is 305 g/mol. The molecule has 5 heteroatoms.